The highest BCUT2D eigenvalue weighted by Gasteiger charge is 2.10. The molecule has 0 saturated carbocycles. The van der Waals surface area contributed by atoms with E-state index in [-0.39, 0.29) is 0 Å². The molecule has 2 aromatic carbocycles. The second-order valence-electron chi connectivity index (χ2n) is 4.85. The highest BCUT2D eigenvalue weighted by molar-refractivity contribution is 5.58. The van der Waals surface area contributed by atoms with Crippen molar-refractivity contribution in [2.24, 2.45) is 0 Å². The number of nitrogens with zero attached hydrogens (tertiary/aromatic N) is 2. The monoisotopic (exact) mass is 310 g/mol. The zero-order valence-corrected chi connectivity index (χ0v) is 12.9. The molecule has 1 aromatic heterocycles. The highest BCUT2D eigenvalue weighted by Crippen LogP contribution is 2.25. The van der Waals surface area contributed by atoms with Crippen molar-refractivity contribution in [3.8, 4) is 28.7 Å². The third kappa shape index (κ3) is 3.96. The summed E-state index contributed by atoms with van der Waals surface area (Å²) < 4.78 is 16.5. The molecule has 0 amide bonds. The van der Waals surface area contributed by atoms with Crippen LogP contribution in [0.3, 0.4) is 0 Å². The van der Waals surface area contributed by atoms with Crippen LogP contribution in [0, 0.1) is 0 Å². The molecule has 0 bridgehead atoms. The van der Waals surface area contributed by atoms with E-state index in [9.17, 15) is 0 Å². The van der Waals surface area contributed by atoms with E-state index < -0.39 is 0 Å². The van der Waals surface area contributed by atoms with E-state index in [1.54, 1.807) is 0 Å². The maximum atomic E-state index is 5.73. The van der Waals surface area contributed by atoms with Crippen LogP contribution in [0.4, 0.5) is 0 Å². The number of aromatic nitrogens is 2. The number of rotatable bonds is 7. The molecule has 0 aliphatic heterocycles. The molecule has 3 rings (SSSR count). The van der Waals surface area contributed by atoms with Gasteiger partial charge in [-0.1, -0.05) is 18.2 Å². The summed E-state index contributed by atoms with van der Waals surface area (Å²) >= 11 is 0. The lowest BCUT2D eigenvalue weighted by atomic mass is 10.2. The average Bonchev–Trinajstić information content (AvgIpc) is 3.10. The summed E-state index contributed by atoms with van der Waals surface area (Å²) in [5, 5.41) is 8.19. The Kier molecular flexibility index (Phi) is 5.01. The van der Waals surface area contributed by atoms with Crippen LogP contribution in [-0.2, 0) is 4.74 Å². The van der Waals surface area contributed by atoms with Crippen molar-refractivity contribution in [3.63, 3.8) is 0 Å². The molecule has 23 heavy (non-hydrogen) atoms. The minimum atomic E-state index is 0.490. The summed E-state index contributed by atoms with van der Waals surface area (Å²) in [6.07, 6.45) is 0. The zero-order chi connectivity index (χ0) is 15.9. The average molecular weight is 310 g/mol. The van der Waals surface area contributed by atoms with Crippen molar-refractivity contribution in [3.05, 3.63) is 54.6 Å². The maximum absolute atomic E-state index is 5.73. The molecule has 0 atom stereocenters. The largest absolute Gasteiger partial charge is 0.491 e. The van der Waals surface area contributed by atoms with Crippen LogP contribution < -0.4 is 4.74 Å². The third-order valence-electron chi connectivity index (χ3n) is 3.25. The Bertz CT molecular complexity index is 724. The van der Waals surface area contributed by atoms with Crippen LogP contribution >= 0.6 is 0 Å². The molecule has 5 heteroatoms. The van der Waals surface area contributed by atoms with Gasteiger partial charge in [-0.05, 0) is 43.3 Å². The summed E-state index contributed by atoms with van der Waals surface area (Å²) in [5.41, 5.74) is 1.76. The SMILES string of the molecule is CCOCCOc1ccc(-c2nnc(-c3ccccc3)o2)cc1. The minimum Gasteiger partial charge on any atom is -0.491 e. The quantitative estimate of drug-likeness (QED) is 0.621. The second-order valence-corrected chi connectivity index (χ2v) is 4.85. The van der Waals surface area contributed by atoms with Crippen molar-refractivity contribution in [2.45, 2.75) is 6.92 Å². The first kappa shape index (κ1) is 15.2. The maximum Gasteiger partial charge on any atom is 0.248 e. The predicted octanol–water partition coefficient (Wildman–Crippen LogP) is 3.82. The molecule has 0 unspecified atom stereocenters. The van der Waals surface area contributed by atoms with Gasteiger partial charge in [0.25, 0.3) is 0 Å². The van der Waals surface area contributed by atoms with E-state index in [4.69, 9.17) is 13.9 Å². The van der Waals surface area contributed by atoms with Crippen LogP contribution in [0.25, 0.3) is 22.9 Å². The Balaban J connectivity index is 1.67. The number of benzene rings is 2. The van der Waals surface area contributed by atoms with E-state index in [0.29, 0.717) is 31.6 Å². The molecular weight excluding hydrogens is 292 g/mol. The molecule has 118 valence electrons. The number of ether oxygens (including phenoxy) is 2. The standard InChI is InChI=1S/C18H18N2O3/c1-2-21-12-13-22-16-10-8-15(9-11-16)18-20-19-17(23-18)14-6-4-3-5-7-14/h3-11H,2,12-13H2,1H3. The van der Waals surface area contributed by atoms with Crippen LogP contribution in [0.5, 0.6) is 5.75 Å². The van der Waals surface area contributed by atoms with Crippen molar-refractivity contribution < 1.29 is 13.9 Å². The molecule has 0 aliphatic carbocycles. The van der Waals surface area contributed by atoms with Gasteiger partial charge in [-0.15, -0.1) is 10.2 Å². The summed E-state index contributed by atoms with van der Waals surface area (Å²) in [7, 11) is 0. The molecule has 0 saturated heterocycles. The fraction of sp³-hybridized carbons (Fsp3) is 0.222. The molecule has 1 heterocycles. The van der Waals surface area contributed by atoms with Crippen LogP contribution in [0.2, 0.25) is 0 Å². The van der Waals surface area contributed by atoms with E-state index in [1.807, 2.05) is 61.5 Å². The fourth-order valence-corrected chi connectivity index (χ4v) is 2.09. The van der Waals surface area contributed by atoms with E-state index in [1.165, 1.54) is 0 Å². The zero-order valence-electron chi connectivity index (χ0n) is 12.9. The van der Waals surface area contributed by atoms with Crippen molar-refractivity contribution in [1.29, 1.82) is 0 Å². The minimum absolute atomic E-state index is 0.490. The Hall–Kier alpha value is -2.66. The van der Waals surface area contributed by atoms with Crippen LogP contribution in [-0.4, -0.2) is 30.0 Å². The Morgan fingerprint density at radius 2 is 1.48 bits per heavy atom. The molecule has 0 N–H and O–H groups in total. The summed E-state index contributed by atoms with van der Waals surface area (Å²) in [6, 6.07) is 17.3. The smallest absolute Gasteiger partial charge is 0.248 e. The van der Waals surface area contributed by atoms with Gasteiger partial charge in [0.1, 0.15) is 12.4 Å². The predicted molar refractivity (Wildman–Crippen MR) is 87.2 cm³/mol. The van der Waals surface area contributed by atoms with Gasteiger partial charge in [0.15, 0.2) is 0 Å². The van der Waals surface area contributed by atoms with Gasteiger partial charge in [0.2, 0.25) is 11.8 Å². The van der Waals surface area contributed by atoms with Gasteiger partial charge in [0.05, 0.1) is 6.61 Å². The Labute approximate surface area is 134 Å². The first-order chi connectivity index (χ1) is 11.4. The first-order valence-electron chi connectivity index (χ1n) is 7.56. The van der Waals surface area contributed by atoms with Gasteiger partial charge in [-0.3, -0.25) is 0 Å². The molecular formula is C18H18N2O3. The molecule has 0 radical (unpaired) electrons. The molecule has 0 fully saturated rings. The summed E-state index contributed by atoms with van der Waals surface area (Å²) in [4.78, 5) is 0. The lowest BCUT2D eigenvalue weighted by Crippen LogP contribution is -2.06. The van der Waals surface area contributed by atoms with Crippen LogP contribution in [0.15, 0.2) is 59.0 Å². The fourth-order valence-electron chi connectivity index (χ4n) is 2.09. The Morgan fingerprint density at radius 3 is 2.13 bits per heavy atom. The van der Waals surface area contributed by atoms with E-state index in [2.05, 4.69) is 10.2 Å². The molecule has 0 aliphatic rings. The van der Waals surface area contributed by atoms with Crippen molar-refractivity contribution in [1.82, 2.24) is 10.2 Å². The van der Waals surface area contributed by atoms with E-state index >= 15 is 0 Å². The normalized spacial score (nSPS) is 10.7. The van der Waals surface area contributed by atoms with Gasteiger partial charge in [0, 0.05) is 17.7 Å². The third-order valence-corrected chi connectivity index (χ3v) is 3.25. The Morgan fingerprint density at radius 1 is 0.826 bits per heavy atom. The van der Waals surface area contributed by atoms with Gasteiger partial charge < -0.3 is 13.9 Å². The highest BCUT2D eigenvalue weighted by atomic mass is 16.5. The molecule has 5 nitrogen and oxygen atoms in total. The molecule has 0 spiro atoms. The second kappa shape index (κ2) is 7.56. The summed E-state index contributed by atoms with van der Waals surface area (Å²) in [5.74, 6) is 1.79. The lowest BCUT2D eigenvalue weighted by molar-refractivity contribution is 0.110. The van der Waals surface area contributed by atoms with E-state index in [0.717, 1.165) is 16.9 Å². The van der Waals surface area contributed by atoms with Crippen LogP contribution in [0.1, 0.15) is 6.92 Å². The van der Waals surface area contributed by atoms with Gasteiger partial charge in [-0.2, -0.15) is 0 Å². The van der Waals surface area contributed by atoms with Crippen molar-refractivity contribution >= 4 is 0 Å². The lowest BCUT2D eigenvalue weighted by Gasteiger charge is -2.06. The number of hydrogen-bond donors (Lipinski definition) is 0. The van der Waals surface area contributed by atoms with Crippen molar-refractivity contribution in [2.75, 3.05) is 19.8 Å². The molecule has 3 aromatic rings. The topological polar surface area (TPSA) is 57.4 Å². The van der Waals surface area contributed by atoms with Gasteiger partial charge in [-0.25, -0.2) is 0 Å². The first-order valence-corrected chi connectivity index (χ1v) is 7.56. The summed E-state index contributed by atoms with van der Waals surface area (Å²) in [6.45, 7) is 3.78. The van der Waals surface area contributed by atoms with Gasteiger partial charge >= 0.3 is 0 Å². The number of hydrogen-bond acceptors (Lipinski definition) is 5.